The maximum atomic E-state index is 6.41. The molecule has 0 bridgehead atoms. The summed E-state index contributed by atoms with van der Waals surface area (Å²) in [4.78, 5) is 1.19. The lowest BCUT2D eigenvalue weighted by atomic mass is 9.97. The van der Waals surface area contributed by atoms with E-state index in [4.69, 9.17) is 26.2 Å². The standard InChI is InChI=1S/C21H17ClN2O2S/c1-25-18-8-3-7-15-17-12-16(19-9-4-10-27-19)23-24(17)21(26-20(15)18)13-5-2-6-14(22)11-13/h2-11,17,21H,12H2,1H3/t17-,21+/m0/s1. The second kappa shape index (κ2) is 6.59. The second-order valence-electron chi connectivity index (χ2n) is 6.53. The summed E-state index contributed by atoms with van der Waals surface area (Å²) in [6.07, 6.45) is 0.483. The van der Waals surface area contributed by atoms with Gasteiger partial charge >= 0.3 is 0 Å². The zero-order chi connectivity index (χ0) is 18.4. The summed E-state index contributed by atoms with van der Waals surface area (Å²) in [7, 11) is 1.67. The van der Waals surface area contributed by atoms with Crippen molar-refractivity contribution < 1.29 is 9.47 Å². The smallest absolute Gasteiger partial charge is 0.214 e. The van der Waals surface area contributed by atoms with E-state index in [1.54, 1.807) is 18.4 Å². The topological polar surface area (TPSA) is 34.1 Å². The Bertz CT molecular complexity index is 1020. The van der Waals surface area contributed by atoms with E-state index in [-0.39, 0.29) is 12.3 Å². The first-order valence-electron chi connectivity index (χ1n) is 8.73. The molecule has 0 fully saturated rings. The fraction of sp³-hybridized carbons (Fsp3) is 0.190. The van der Waals surface area contributed by atoms with Crippen LogP contribution in [0.1, 0.15) is 34.7 Å². The minimum Gasteiger partial charge on any atom is -0.493 e. The van der Waals surface area contributed by atoms with Crippen LogP contribution in [0.15, 0.2) is 65.1 Å². The molecule has 3 aromatic rings. The van der Waals surface area contributed by atoms with Crippen molar-refractivity contribution in [2.24, 2.45) is 5.10 Å². The Morgan fingerprint density at radius 3 is 2.85 bits per heavy atom. The van der Waals surface area contributed by atoms with E-state index in [0.29, 0.717) is 5.02 Å². The number of ether oxygens (including phenoxy) is 2. The lowest BCUT2D eigenvalue weighted by Crippen LogP contribution is -2.33. The van der Waals surface area contributed by atoms with E-state index in [2.05, 4.69) is 28.6 Å². The highest BCUT2D eigenvalue weighted by Crippen LogP contribution is 2.50. The molecule has 136 valence electrons. The molecule has 0 radical (unpaired) electrons. The zero-order valence-corrected chi connectivity index (χ0v) is 16.2. The molecule has 2 aromatic carbocycles. The third-order valence-corrected chi connectivity index (χ3v) is 6.09. The SMILES string of the molecule is COc1cccc2c1O[C@H](c1cccc(Cl)c1)N1N=C(c3cccs3)C[C@@H]21. The highest BCUT2D eigenvalue weighted by molar-refractivity contribution is 7.12. The van der Waals surface area contributed by atoms with Crippen molar-refractivity contribution in [1.82, 2.24) is 5.01 Å². The number of hydrogen-bond donors (Lipinski definition) is 0. The van der Waals surface area contributed by atoms with Gasteiger partial charge in [-0.1, -0.05) is 41.9 Å². The fourth-order valence-corrected chi connectivity index (χ4v) is 4.64. The van der Waals surface area contributed by atoms with E-state index >= 15 is 0 Å². The Hall–Kier alpha value is -2.50. The van der Waals surface area contributed by atoms with Gasteiger partial charge in [0.2, 0.25) is 6.23 Å². The molecule has 0 saturated heterocycles. The number of hydrogen-bond acceptors (Lipinski definition) is 5. The van der Waals surface area contributed by atoms with Crippen LogP contribution in [-0.2, 0) is 0 Å². The molecule has 1 aromatic heterocycles. The molecular formula is C21H17ClN2O2S. The largest absolute Gasteiger partial charge is 0.493 e. The van der Waals surface area contributed by atoms with E-state index in [1.165, 1.54) is 4.88 Å². The molecule has 4 nitrogen and oxygen atoms in total. The lowest BCUT2D eigenvalue weighted by molar-refractivity contribution is -0.0208. The summed E-state index contributed by atoms with van der Waals surface area (Å²) in [5.41, 5.74) is 3.16. The predicted molar refractivity (Wildman–Crippen MR) is 108 cm³/mol. The normalized spacial score (nSPS) is 20.5. The predicted octanol–water partition coefficient (Wildman–Crippen LogP) is 5.65. The quantitative estimate of drug-likeness (QED) is 0.573. The van der Waals surface area contributed by atoms with Crippen molar-refractivity contribution >= 4 is 28.6 Å². The number of benzene rings is 2. The number of rotatable bonds is 3. The van der Waals surface area contributed by atoms with Crippen molar-refractivity contribution in [2.45, 2.75) is 18.7 Å². The Morgan fingerprint density at radius 2 is 2.07 bits per heavy atom. The number of fused-ring (bicyclic) bond motifs is 3. The number of methoxy groups -OCH3 is 1. The zero-order valence-electron chi connectivity index (χ0n) is 14.6. The van der Waals surface area contributed by atoms with Crippen LogP contribution in [-0.4, -0.2) is 17.8 Å². The van der Waals surface area contributed by atoms with Gasteiger partial charge in [-0.15, -0.1) is 11.3 Å². The number of para-hydroxylation sites is 1. The number of hydrazone groups is 1. The molecule has 0 aliphatic carbocycles. The number of nitrogens with zero attached hydrogens (tertiary/aromatic N) is 2. The van der Waals surface area contributed by atoms with Gasteiger partial charge in [-0.05, 0) is 29.6 Å². The second-order valence-corrected chi connectivity index (χ2v) is 7.91. The molecule has 0 N–H and O–H groups in total. The summed E-state index contributed by atoms with van der Waals surface area (Å²) in [5.74, 6) is 1.53. The van der Waals surface area contributed by atoms with E-state index in [9.17, 15) is 0 Å². The van der Waals surface area contributed by atoms with Crippen LogP contribution < -0.4 is 9.47 Å². The first-order chi connectivity index (χ1) is 13.2. The number of halogens is 1. The minimum absolute atomic E-state index is 0.102. The summed E-state index contributed by atoms with van der Waals surface area (Å²) in [6, 6.07) is 18.1. The molecule has 0 saturated carbocycles. The lowest BCUT2D eigenvalue weighted by Gasteiger charge is -2.38. The van der Waals surface area contributed by atoms with Crippen molar-refractivity contribution in [1.29, 1.82) is 0 Å². The molecule has 2 aliphatic rings. The maximum Gasteiger partial charge on any atom is 0.214 e. The van der Waals surface area contributed by atoms with Crippen molar-refractivity contribution in [3.05, 3.63) is 81.0 Å². The van der Waals surface area contributed by atoms with Crippen molar-refractivity contribution in [2.75, 3.05) is 7.11 Å². The Labute approximate surface area is 166 Å². The average Bonchev–Trinajstić information content (AvgIpc) is 3.36. The van der Waals surface area contributed by atoms with Gasteiger partial charge in [-0.25, -0.2) is 5.01 Å². The van der Waals surface area contributed by atoms with Gasteiger partial charge in [0.05, 0.1) is 23.7 Å². The molecule has 3 heterocycles. The highest BCUT2D eigenvalue weighted by atomic mass is 35.5. The van der Waals surface area contributed by atoms with Gasteiger partial charge in [0.15, 0.2) is 11.5 Å². The van der Waals surface area contributed by atoms with Crippen LogP contribution in [0.3, 0.4) is 0 Å². The highest BCUT2D eigenvalue weighted by Gasteiger charge is 2.42. The molecule has 2 aliphatic heterocycles. The molecule has 5 rings (SSSR count). The van der Waals surface area contributed by atoms with Crippen LogP contribution in [0.2, 0.25) is 5.02 Å². The van der Waals surface area contributed by atoms with E-state index in [1.807, 2.05) is 36.4 Å². The van der Waals surface area contributed by atoms with Crippen LogP contribution in [0.25, 0.3) is 0 Å². The minimum atomic E-state index is -0.352. The first kappa shape index (κ1) is 16.7. The number of thiophene rings is 1. The molecule has 2 atom stereocenters. The maximum absolute atomic E-state index is 6.41. The Morgan fingerprint density at radius 1 is 1.19 bits per heavy atom. The summed E-state index contributed by atoms with van der Waals surface area (Å²) < 4.78 is 12.0. The summed E-state index contributed by atoms with van der Waals surface area (Å²) in [6.45, 7) is 0. The molecule has 0 unspecified atom stereocenters. The van der Waals surface area contributed by atoms with E-state index < -0.39 is 0 Å². The van der Waals surface area contributed by atoms with Gasteiger partial charge in [-0.3, -0.25) is 0 Å². The average molecular weight is 397 g/mol. The molecular weight excluding hydrogens is 380 g/mol. The van der Waals surface area contributed by atoms with Crippen LogP contribution in [0, 0.1) is 0 Å². The Balaban J connectivity index is 1.64. The van der Waals surface area contributed by atoms with Crippen LogP contribution in [0.4, 0.5) is 0 Å². The third kappa shape index (κ3) is 2.78. The molecule has 27 heavy (non-hydrogen) atoms. The summed E-state index contributed by atoms with van der Waals surface area (Å²) in [5, 5.41) is 9.77. The van der Waals surface area contributed by atoms with Crippen LogP contribution >= 0.6 is 22.9 Å². The third-order valence-electron chi connectivity index (χ3n) is 4.94. The first-order valence-corrected chi connectivity index (χ1v) is 9.99. The van der Waals surface area contributed by atoms with Gasteiger partial charge in [0.1, 0.15) is 0 Å². The monoisotopic (exact) mass is 396 g/mol. The van der Waals surface area contributed by atoms with Crippen LogP contribution in [0.5, 0.6) is 11.5 Å². The van der Waals surface area contributed by atoms with Gasteiger partial charge < -0.3 is 9.47 Å². The van der Waals surface area contributed by atoms with Gasteiger partial charge in [0.25, 0.3) is 0 Å². The Kier molecular flexibility index (Phi) is 4.06. The van der Waals surface area contributed by atoms with Crippen molar-refractivity contribution in [3.63, 3.8) is 0 Å². The molecule has 0 spiro atoms. The fourth-order valence-electron chi connectivity index (χ4n) is 3.72. The molecule has 0 amide bonds. The van der Waals surface area contributed by atoms with Gasteiger partial charge in [-0.2, -0.15) is 5.10 Å². The van der Waals surface area contributed by atoms with E-state index in [0.717, 1.165) is 34.8 Å². The van der Waals surface area contributed by atoms with Gasteiger partial charge in [0, 0.05) is 22.6 Å². The van der Waals surface area contributed by atoms with Crippen molar-refractivity contribution in [3.8, 4) is 11.5 Å². The summed E-state index contributed by atoms with van der Waals surface area (Å²) >= 11 is 7.95. The molecule has 6 heteroatoms.